The number of carbonyl (C=O) groups excluding carboxylic acids is 1. The molecule has 0 unspecified atom stereocenters. The molecule has 7 heteroatoms. The summed E-state index contributed by atoms with van der Waals surface area (Å²) in [6, 6.07) is 14.0. The predicted molar refractivity (Wildman–Crippen MR) is 129 cm³/mol. The fourth-order valence-electron chi connectivity index (χ4n) is 5.18. The van der Waals surface area contributed by atoms with E-state index in [1.54, 1.807) is 0 Å². The van der Waals surface area contributed by atoms with E-state index in [1.807, 2.05) is 42.5 Å². The number of hydrogen-bond donors (Lipinski definition) is 1. The molecule has 2 aromatic carbocycles. The molecule has 1 aliphatic carbocycles. The van der Waals surface area contributed by atoms with Gasteiger partial charge in [0.25, 0.3) is 0 Å². The summed E-state index contributed by atoms with van der Waals surface area (Å²) >= 11 is 0. The summed E-state index contributed by atoms with van der Waals surface area (Å²) in [5.74, 6) is 2.42. The second-order valence-corrected chi connectivity index (χ2v) is 9.28. The second kappa shape index (κ2) is 10.7. The number of carbonyl (C=O) groups is 1. The molecular weight excluding hydrogens is 432 g/mol. The maximum absolute atomic E-state index is 13.5. The zero-order valence-electron chi connectivity index (χ0n) is 19.7. The number of hydrogen-bond acceptors (Lipinski definition) is 6. The Bertz CT molecular complexity index is 983. The van der Waals surface area contributed by atoms with E-state index in [-0.39, 0.29) is 5.91 Å². The molecule has 0 aromatic heterocycles. The SMILES string of the molecule is O=C(NCc1cccc(OCCN2CCOCC2)c1)C1(c2ccc3c(c2)OCCO3)CCCC1. The van der Waals surface area contributed by atoms with Crippen LogP contribution < -0.4 is 19.5 Å². The van der Waals surface area contributed by atoms with E-state index in [0.29, 0.717) is 26.4 Å². The minimum Gasteiger partial charge on any atom is -0.492 e. The van der Waals surface area contributed by atoms with Crippen LogP contribution in [0.4, 0.5) is 0 Å². The molecule has 7 nitrogen and oxygen atoms in total. The molecule has 0 spiro atoms. The summed E-state index contributed by atoms with van der Waals surface area (Å²) in [6.45, 7) is 6.62. The van der Waals surface area contributed by atoms with Gasteiger partial charge in [-0.05, 0) is 48.2 Å². The number of rotatable bonds is 8. The Morgan fingerprint density at radius 3 is 2.59 bits per heavy atom. The van der Waals surface area contributed by atoms with Gasteiger partial charge in [0.05, 0.1) is 18.6 Å². The lowest BCUT2D eigenvalue weighted by Crippen LogP contribution is -2.42. The average Bonchev–Trinajstić information content (AvgIpc) is 3.39. The molecule has 2 fully saturated rings. The highest BCUT2D eigenvalue weighted by Gasteiger charge is 2.43. The lowest BCUT2D eigenvalue weighted by Gasteiger charge is -2.30. The largest absolute Gasteiger partial charge is 0.492 e. The predicted octanol–water partition coefficient (Wildman–Crippen LogP) is 3.30. The molecule has 0 atom stereocenters. The molecular formula is C27H34N2O5. The number of nitrogens with zero attached hydrogens (tertiary/aromatic N) is 1. The van der Waals surface area contributed by atoms with Crippen molar-refractivity contribution >= 4 is 5.91 Å². The Morgan fingerprint density at radius 2 is 1.76 bits per heavy atom. The first-order chi connectivity index (χ1) is 16.7. The first-order valence-electron chi connectivity index (χ1n) is 12.4. The molecule has 2 aromatic rings. The molecule has 1 saturated carbocycles. The van der Waals surface area contributed by atoms with E-state index in [2.05, 4.69) is 10.2 Å². The van der Waals surface area contributed by atoms with Crippen LogP contribution in [0.2, 0.25) is 0 Å². The van der Waals surface area contributed by atoms with Gasteiger partial charge in [0, 0.05) is 26.2 Å². The van der Waals surface area contributed by atoms with Crippen molar-refractivity contribution in [3.05, 3.63) is 53.6 Å². The highest BCUT2D eigenvalue weighted by molar-refractivity contribution is 5.88. The smallest absolute Gasteiger partial charge is 0.230 e. The van der Waals surface area contributed by atoms with Crippen molar-refractivity contribution in [2.24, 2.45) is 0 Å². The van der Waals surface area contributed by atoms with Gasteiger partial charge in [-0.1, -0.05) is 31.0 Å². The monoisotopic (exact) mass is 466 g/mol. The van der Waals surface area contributed by atoms with Crippen molar-refractivity contribution in [1.29, 1.82) is 0 Å². The molecule has 182 valence electrons. The normalized spacial score (nSPS) is 19.5. The Labute approximate surface area is 201 Å². The van der Waals surface area contributed by atoms with Gasteiger partial charge in [-0.25, -0.2) is 0 Å². The molecule has 1 saturated heterocycles. The fourth-order valence-corrected chi connectivity index (χ4v) is 5.18. The standard InChI is InChI=1S/C27H34N2O5/c30-26(27(8-1-2-9-27)22-6-7-24-25(19-22)34-17-16-33-24)28-20-21-4-3-5-23(18-21)32-15-12-29-10-13-31-14-11-29/h3-7,18-19H,1-2,8-17,20H2,(H,28,30). The van der Waals surface area contributed by atoms with Gasteiger partial charge >= 0.3 is 0 Å². The van der Waals surface area contributed by atoms with Crippen LogP contribution in [0.5, 0.6) is 17.2 Å². The first kappa shape index (κ1) is 23.0. The quantitative estimate of drug-likeness (QED) is 0.644. The number of fused-ring (bicyclic) bond motifs is 1. The van der Waals surface area contributed by atoms with E-state index in [0.717, 1.165) is 86.9 Å². The van der Waals surface area contributed by atoms with Gasteiger partial charge in [-0.3, -0.25) is 9.69 Å². The van der Waals surface area contributed by atoms with Gasteiger partial charge in [0.1, 0.15) is 25.6 Å². The summed E-state index contributed by atoms with van der Waals surface area (Å²) in [6.07, 6.45) is 3.80. The Balaban J connectivity index is 1.20. The molecule has 3 aliphatic rings. The van der Waals surface area contributed by atoms with Crippen LogP contribution >= 0.6 is 0 Å². The Morgan fingerprint density at radius 1 is 0.971 bits per heavy atom. The van der Waals surface area contributed by atoms with Crippen molar-refractivity contribution in [2.75, 3.05) is 52.7 Å². The summed E-state index contributed by atoms with van der Waals surface area (Å²) in [5.41, 5.74) is 1.54. The lowest BCUT2D eigenvalue weighted by atomic mass is 9.77. The maximum atomic E-state index is 13.5. The third-order valence-corrected chi connectivity index (χ3v) is 7.12. The van der Waals surface area contributed by atoms with E-state index in [4.69, 9.17) is 18.9 Å². The highest BCUT2D eigenvalue weighted by atomic mass is 16.6. The van der Waals surface area contributed by atoms with Crippen LogP contribution in [0.15, 0.2) is 42.5 Å². The van der Waals surface area contributed by atoms with Gasteiger partial charge in [0.15, 0.2) is 11.5 Å². The second-order valence-electron chi connectivity index (χ2n) is 9.28. The third-order valence-electron chi connectivity index (χ3n) is 7.12. The van der Waals surface area contributed by atoms with Crippen LogP contribution in [0, 0.1) is 0 Å². The zero-order chi connectivity index (χ0) is 23.2. The fraction of sp³-hybridized carbons (Fsp3) is 0.519. The molecule has 5 rings (SSSR count). The minimum absolute atomic E-state index is 0.0836. The Kier molecular flexibility index (Phi) is 7.21. The van der Waals surface area contributed by atoms with Crippen LogP contribution in [0.1, 0.15) is 36.8 Å². The summed E-state index contributed by atoms with van der Waals surface area (Å²) < 4.78 is 22.8. The van der Waals surface area contributed by atoms with Crippen molar-refractivity contribution < 1.29 is 23.7 Å². The molecule has 1 amide bonds. The van der Waals surface area contributed by atoms with Gasteiger partial charge in [-0.2, -0.15) is 0 Å². The number of nitrogens with one attached hydrogen (secondary N) is 1. The topological polar surface area (TPSA) is 69.3 Å². The molecule has 0 radical (unpaired) electrons. The van der Waals surface area contributed by atoms with Gasteiger partial charge < -0.3 is 24.3 Å². The number of morpholine rings is 1. The van der Waals surface area contributed by atoms with Crippen LogP contribution in [-0.2, 0) is 21.5 Å². The van der Waals surface area contributed by atoms with Crippen molar-refractivity contribution in [3.63, 3.8) is 0 Å². The summed E-state index contributed by atoms with van der Waals surface area (Å²) in [7, 11) is 0. The van der Waals surface area contributed by atoms with Gasteiger partial charge in [0.2, 0.25) is 5.91 Å². The van der Waals surface area contributed by atoms with Crippen LogP contribution in [0.25, 0.3) is 0 Å². The number of benzene rings is 2. The number of amides is 1. The van der Waals surface area contributed by atoms with E-state index >= 15 is 0 Å². The van der Waals surface area contributed by atoms with Crippen molar-refractivity contribution in [3.8, 4) is 17.2 Å². The average molecular weight is 467 g/mol. The van der Waals surface area contributed by atoms with Crippen LogP contribution in [-0.4, -0.2) is 63.5 Å². The van der Waals surface area contributed by atoms with E-state index in [1.165, 1.54) is 0 Å². The number of ether oxygens (including phenoxy) is 4. The summed E-state index contributed by atoms with van der Waals surface area (Å²) in [4.78, 5) is 15.9. The highest BCUT2D eigenvalue weighted by Crippen LogP contribution is 2.44. The van der Waals surface area contributed by atoms with E-state index < -0.39 is 5.41 Å². The van der Waals surface area contributed by atoms with Gasteiger partial charge in [-0.15, -0.1) is 0 Å². The van der Waals surface area contributed by atoms with Crippen molar-refractivity contribution in [1.82, 2.24) is 10.2 Å². The Hall–Kier alpha value is -2.77. The van der Waals surface area contributed by atoms with Crippen LogP contribution in [0.3, 0.4) is 0 Å². The first-order valence-corrected chi connectivity index (χ1v) is 12.4. The minimum atomic E-state index is -0.512. The maximum Gasteiger partial charge on any atom is 0.230 e. The zero-order valence-corrected chi connectivity index (χ0v) is 19.7. The molecule has 2 heterocycles. The third kappa shape index (κ3) is 5.15. The molecule has 1 N–H and O–H groups in total. The molecule has 0 bridgehead atoms. The lowest BCUT2D eigenvalue weighted by molar-refractivity contribution is -0.126. The van der Waals surface area contributed by atoms with Crippen molar-refractivity contribution in [2.45, 2.75) is 37.6 Å². The molecule has 2 aliphatic heterocycles. The molecule has 34 heavy (non-hydrogen) atoms. The summed E-state index contributed by atoms with van der Waals surface area (Å²) in [5, 5.41) is 3.21. The van der Waals surface area contributed by atoms with E-state index in [9.17, 15) is 4.79 Å².